The van der Waals surface area contributed by atoms with Gasteiger partial charge in [-0.05, 0) is 43.0 Å². The first kappa shape index (κ1) is 17.0. The van der Waals surface area contributed by atoms with Gasteiger partial charge in [0.25, 0.3) is 0 Å². The molecule has 3 aromatic heterocycles. The van der Waals surface area contributed by atoms with Crippen LogP contribution in [0.25, 0.3) is 17.2 Å². The van der Waals surface area contributed by atoms with Crippen LogP contribution in [0.15, 0.2) is 41.6 Å². The maximum absolute atomic E-state index is 12.4. The van der Waals surface area contributed by atoms with Crippen LogP contribution in [0.5, 0.6) is 0 Å². The zero-order valence-electron chi connectivity index (χ0n) is 14.6. The molecule has 0 aliphatic carbocycles. The minimum absolute atomic E-state index is 0.178. The van der Waals surface area contributed by atoms with Gasteiger partial charge < -0.3 is 4.90 Å². The van der Waals surface area contributed by atoms with Crippen LogP contribution in [0.4, 0.5) is 0 Å². The first-order chi connectivity index (χ1) is 12.7. The van der Waals surface area contributed by atoms with E-state index < -0.39 is 0 Å². The van der Waals surface area contributed by atoms with Gasteiger partial charge in [0.05, 0.1) is 5.75 Å². The van der Waals surface area contributed by atoms with Crippen molar-refractivity contribution in [3.63, 3.8) is 0 Å². The number of piperidine rings is 1. The number of hydrogen-bond donors (Lipinski definition) is 0. The van der Waals surface area contributed by atoms with Gasteiger partial charge in [0, 0.05) is 19.3 Å². The van der Waals surface area contributed by atoms with Crippen molar-refractivity contribution in [3.05, 3.63) is 36.5 Å². The summed E-state index contributed by atoms with van der Waals surface area (Å²) in [5.41, 5.74) is 1.37. The maximum Gasteiger partial charge on any atom is 0.232 e. The molecule has 0 N–H and O–H groups in total. The molecule has 4 rings (SSSR count). The van der Waals surface area contributed by atoms with Crippen LogP contribution in [0.3, 0.4) is 0 Å². The van der Waals surface area contributed by atoms with Crippen LogP contribution in [-0.4, -0.2) is 54.4 Å². The van der Waals surface area contributed by atoms with Crippen LogP contribution in [0.1, 0.15) is 19.8 Å². The van der Waals surface area contributed by atoms with E-state index in [9.17, 15) is 4.79 Å². The van der Waals surface area contributed by atoms with Crippen molar-refractivity contribution in [1.29, 1.82) is 0 Å². The Bertz CT molecular complexity index is 904. The molecule has 0 aromatic carbocycles. The average molecular weight is 368 g/mol. The molecule has 0 spiro atoms. The number of thioether (sulfide) groups is 1. The van der Waals surface area contributed by atoms with Crippen molar-refractivity contribution in [2.45, 2.75) is 24.8 Å². The van der Waals surface area contributed by atoms with Gasteiger partial charge in [-0.1, -0.05) is 24.8 Å². The third-order valence-corrected chi connectivity index (χ3v) is 5.52. The Morgan fingerprint density at radius 2 is 2.04 bits per heavy atom. The van der Waals surface area contributed by atoms with E-state index in [2.05, 4.69) is 27.2 Å². The zero-order valence-corrected chi connectivity index (χ0v) is 15.4. The summed E-state index contributed by atoms with van der Waals surface area (Å²) >= 11 is 1.45. The van der Waals surface area contributed by atoms with Crippen LogP contribution >= 0.6 is 11.8 Å². The average Bonchev–Trinajstić information content (AvgIpc) is 3.10. The van der Waals surface area contributed by atoms with Gasteiger partial charge in [-0.15, -0.1) is 10.2 Å². The van der Waals surface area contributed by atoms with Gasteiger partial charge in [-0.2, -0.15) is 9.61 Å². The largest absolute Gasteiger partial charge is 0.342 e. The number of rotatable bonds is 4. The molecule has 1 saturated heterocycles. The normalized spacial score (nSPS) is 15.5. The molecular formula is C18H20N6OS. The Morgan fingerprint density at radius 1 is 1.19 bits per heavy atom. The van der Waals surface area contributed by atoms with E-state index in [-0.39, 0.29) is 5.91 Å². The molecule has 0 saturated carbocycles. The first-order valence-corrected chi connectivity index (χ1v) is 9.74. The van der Waals surface area contributed by atoms with E-state index in [0.29, 0.717) is 22.9 Å². The summed E-state index contributed by atoms with van der Waals surface area (Å²) < 4.78 is 1.68. The van der Waals surface area contributed by atoms with Crippen LogP contribution in [0.2, 0.25) is 0 Å². The number of aromatic nitrogens is 5. The lowest BCUT2D eigenvalue weighted by Gasteiger charge is -2.30. The highest BCUT2D eigenvalue weighted by Gasteiger charge is 2.20. The SMILES string of the molecule is CC1CCN(C(=O)CSc2ccc3nnc(-c4ccccn4)n3n2)CC1. The van der Waals surface area contributed by atoms with Crippen molar-refractivity contribution in [2.75, 3.05) is 18.8 Å². The number of hydrogen-bond acceptors (Lipinski definition) is 6. The van der Waals surface area contributed by atoms with Crippen molar-refractivity contribution in [2.24, 2.45) is 5.92 Å². The molecule has 1 aliphatic rings. The summed E-state index contributed by atoms with van der Waals surface area (Å²) in [6, 6.07) is 9.37. The Labute approximate surface area is 155 Å². The van der Waals surface area contributed by atoms with Crippen LogP contribution < -0.4 is 0 Å². The van der Waals surface area contributed by atoms with E-state index >= 15 is 0 Å². The van der Waals surface area contributed by atoms with Crippen LogP contribution in [-0.2, 0) is 4.79 Å². The monoisotopic (exact) mass is 368 g/mol. The number of likely N-dealkylation sites (tertiary alicyclic amines) is 1. The Balaban J connectivity index is 1.48. The zero-order chi connectivity index (χ0) is 17.9. The van der Waals surface area contributed by atoms with E-state index in [0.717, 1.165) is 36.9 Å². The predicted molar refractivity (Wildman–Crippen MR) is 99.7 cm³/mol. The van der Waals surface area contributed by atoms with E-state index in [1.807, 2.05) is 35.2 Å². The quantitative estimate of drug-likeness (QED) is 0.659. The number of pyridine rings is 1. The number of carbonyl (C=O) groups excluding carboxylic acids is 1. The summed E-state index contributed by atoms with van der Waals surface area (Å²) in [5.74, 6) is 1.89. The lowest BCUT2D eigenvalue weighted by molar-refractivity contribution is -0.129. The van der Waals surface area contributed by atoms with Crippen molar-refractivity contribution in [1.82, 2.24) is 29.7 Å². The second kappa shape index (κ2) is 7.41. The smallest absolute Gasteiger partial charge is 0.232 e. The highest BCUT2D eigenvalue weighted by molar-refractivity contribution is 7.99. The molecular weight excluding hydrogens is 348 g/mol. The summed E-state index contributed by atoms with van der Waals surface area (Å²) in [7, 11) is 0. The van der Waals surface area contributed by atoms with E-state index in [4.69, 9.17) is 0 Å². The molecule has 26 heavy (non-hydrogen) atoms. The molecule has 1 amide bonds. The molecule has 0 radical (unpaired) electrons. The van der Waals surface area contributed by atoms with E-state index in [1.54, 1.807) is 10.7 Å². The molecule has 0 unspecified atom stereocenters. The first-order valence-electron chi connectivity index (χ1n) is 8.75. The van der Waals surface area contributed by atoms with Gasteiger partial charge in [0.15, 0.2) is 5.65 Å². The summed E-state index contributed by atoms with van der Waals surface area (Å²) in [5, 5.41) is 13.7. The number of carbonyl (C=O) groups is 1. The molecule has 8 heteroatoms. The van der Waals surface area contributed by atoms with Gasteiger partial charge >= 0.3 is 0 Å². The topological polar surface area (TPSA) is 76.3 Å². The predicted octanol–water partition coefficient (Wildman–Crippen LogP) is 2.54. The van der Waals surface area contributed by atoms with Gasteiger partial charge in [0.1, 0.15) is 10.7 Å². The van der Waals surface area contributed by atoms with Crippen LogP contribution in [0, 0.1) is 5.92 Å². The minimum Gasteiger partial charge on any atom is -0.342 e. The fourth-order valence-corrected chi connectivity index (χ4v) is 3.75. The lowest BCUT2D eigenvalue weighted by Crippen LogP contribution is -2.38. The molecule has 1 aliphatic heterocycles. The molecule has 7 nitrogen and oxygen atoms in total. The van der Waals surface area contributed by atoms with Gasteiger partial charge in [0.2, 0.25) is 11.7 Å². The van der Waals surface area contributed by atoms with Crippen molar-refractivity contribution >= 4 is 23.3 Å². The summed E-state index contributed by atoms with van der Waals surface area (Å²) in [6.45, 7) is 3.97. The fraction of sp³-hybridized carbons (Fsp3) is 0.389. The van der Waals surface area contributed by atoms with Gasteiger partial charge in [-0.3, -0.25) is 9.78 Å². The lowest BCUT2D eigenvalue weighted by atomic mass is 9.99. The fourth-order valence-electron chi connectivity index (χ4n) is 2.99. The van der Waals surface area contributed by atoms with E-state index in [1.165, 1.54) is 11.8 Å². The Hall–Kier alpha value is -2.48. The number of nitrogens with zero attached hydrogens (tertiary/aromatic N) is 6. The minimum atomic E-state index is 0.178. The second-order valence-corrected chi connectivity index (χ2v) is 7.53. The maximum atomic E-state index is 12.4. The number of fused-ring (bicyclic) bond motifs is 1. The number of amides is 1. The molecule has 1 fully saturated rings. The summed E-state index contributed by atoms with van der Waals surface area (Å²) in [6.07, 6.45) is 3.90. The molecule has 3 aromatic rings. The Morgan fingerprint density at radius 3 is 2.81 bits per heavy atom. The Kier molecular flexibility index (Phi) is 4.83. The molecule has 4 heterocycles. The van der Waals surface area contributed by atoms with Crippen molar-refractivity contribution < 1.29 is 4.79 Å². The molecule has 0 bridgehead atoms. The standard InChI is InChI=1S/C18H20N6OS/c1-13-7-10-23(11-8-13)17(25)12-26-16-6-5-15-20-21-18(24(15)22-16)14-4-2-3-9-19-14/h2-6,9,13H,7-8,10-12H2,1H3. The summed E-state index contributed by atoms with van der Waals surface area (Å²) in [4.78, 5) is 18.7. The highest BCUT2D eigenvalue weighted by atomic mass is 32.2. The molecule has 134 valence electrons. The second-order valence-electron chi connectivity index (χ2n) is 6.53. The van der Waals surface area contributed by atoms with Gasteiger partial charge in [-0.25, -0.2) is 0 Å². The molecule has 0 atom stereocenters. The third kappa shape index (κ3) is 3.55. The highest BCUT2D eigenvalue weighted by Crippen LogP contribution is 2.21. The van der Waals surface area contributed by atoms with Crippen molar-refractivity contribution in [3.8, 4) is 11.5 Å². The third-order valence-electron chi connectivity index (χ3n) is 4.61.